The van der Waals surface area contributed by atoms with Crippen molar-refractivity contribution in [3.8, 4) is 0 Å². The Hall–Kier alpha value is -1.45. The van der Waals surface area contributed by atoms with Crippen molar-refractivity contribution < 1.29 is 5.11 Å². The van der Waals surface area contributed by atoms with Gasteiger partial charge in [0.05, 0.1) is 12.6 Å². The molecule has 1 aromatic carbocycles. The van der Waals surface area contributed by atoms with Crippen LogP contribution in [0.15, 0.2) is 41.2 Å². The predicted molar refractivity (Wildman–Crippen MR) is 86.0 cm³/mol. The van der Waals surface area contributed by atoms with Crippen LogP contribution in [-0.4, -0.2) is 24.1 Å². The number of hydrogen-bond acceptors (Lipinski definition) is 2. The van der Waals surface area contributed by atoms with Crippen molar-refractivity contribution in [2.45, 2.75) is 44.6 Å². The Morgan fingerprint density at radius 2 is 2.00 bits per heavy atom. The van der Waals surface area contributed by atoms with Gasteiger partial charge in [0.25, 0.3) is 0 Å². The highest BCUT2D eigenvalue weighted by molar-refractivity contribution is 5.85. The van der Waals surface area contributed by atoms with E-state index in [-0.39, 0.29) is 6.10 Å². The topological polar surface area (TPSA) is 32.6 Å². The quantitative estimate of drug-likeness (QED) is 0.848. The number of aliphatic hydroxyl groups is 1. The first kappa shape index (κ1) is 13.2. The van der Waals surface area contributed by atoms with E-state index in [4.69, 9.17) is 0 Å². The molecule has 3 heteroatoms. The van der Waals surface area contributed by atoms with Crippen LogP contribution >= 0.6 is 0 Å². The summed E-state index contributed by atoms with van der Waals surface area (Å²) < 4.78 is 0.661. The zero-order valence-electron chi connectivity index (χ0n) is 12.4. The van der Waals surface area contributed by atoms with Gasteiger partial charge >= 0.3 is 0 Å². The number of hydrogen-bond donors (Lipinski definition) is 1. The van der Waals surface area contributed by atoms with Gasteiger partial charge in [0.1, 0.15) is 24.0 Å². The first-order valence-electron chi connectivity index (χ1n) is 8.18. The Balaban J connectivity index is 1.63. The second-order valence-electron chi connectivity index (χ2n) is 6.71. The summed E-state index contributed by atoms with van der Waals surface area (Å²) in [7, 11) is 0. The fourth-order valence-corrected chi connectivity index (χ4v) is 4.28. The van der Waals surface area contributed by atoms with Crippen molar-refractivity contribution in [2.24, 2.45) is 10.9 Å². The molecule has 0 spiro atoms. The molecule has 2 unspecified atom stereocenters. The standard InChI is InChI=1S/C18H23N2O/c21-18(14-6-2-1-3-7-14)12-20-13-19-11-16(20)10-15-8-4-5-9-17(15)20/h4-5,8-9,11,13-14,18,21H,1-3,6-7,10,12H2/q+1. The lowest BCUT2D eigenvalue weighted by Crippen LogP contribution is -2.50. The largest absolute Gasteiger partial charge is 0.387 e. The van der Waals surface area contributed by atoms with E-state index in [0.717, 1.165) is 13.0 Å². The third kappa shape index (κ3) is 2.07. The molecule has 1 N–H and O–H groups in total. The lowest BCUT2D eigenvalue weighted by Gasteiger charge is -2.34. The highest BCUT2D eigenvalue weighted by Crippen LogP contribution is 2.43. The number of aliphatic hydroxyl groups excluding tert-OH is 1. The first-order valence-corrected chi connectivity index (χ1v) is 8.18. The van der Waals surface area contributed by atoms with Crippen molar-refractivity contribution in [3.05, 3.63) is 41.7 Å². The minimum atomic E-state index is -0.232. The van der Waals surface area contributed by atoms with Crippen LogP contribution in [0.1, 0.15) is 37.7 Å². The van der Waals surface area contributed by atoms with E-state index < -0.39 is 0 Å². The second-order valence-corrected chi connectivity index (χ2v) is 6.71. The predicted octanol–water partition coefficient (Wildman–Crippen LogP) is 3.37. The molecule has 0 radical (unpaired) electrons. The molecule has 1 aliphatic carbocycles. The van der Waals surface area contributed by atoms with E-state index >= 15 is 0 Å². The van der Waals surface area contributed by atoms with Crippen LogP contribution in [-0.2, 0) is 6.42 Å². The molecule has 2 heterocycles. The Labute approximate surface area is 126 Å². The molecular formula is C18H23N2O+. The maximum absolute atomic E-state index is 10.8. The van der Waals surface area contributed by atoms with Gasteiger partial charge in [-0.2, -0.15) is 0 Å². The van der Waals surface area contributed by atoms with Crippen LogP contribution < -0.4 is 4.48 Å². The van der Waals surface area contributed by atoms with Crippen LogP contribution in [0.25, 0.3) is 0 Å². The summed E-state index contributed by atoms with van der Waals surface area (Å²) in [5.41, 5.74) is 4.00. The van der Waals surface area contributed by atoms with Gasteiger partial charge in [-0.05, 0) is 18.8 Å². The minimum absolute atomic E-state index is 0.232. The minimum Gasteiger partial charge on any atom is -0.387 e. The molecule has 4 rings (SSSR count). The number of rotatable bonds is 3. The highest BCUT2D eigenvalue weighted by Gasteiger charge is 2.47. The summed E-state index contributed by atoms with van der Waals surface area (Å²) in [5, 5.41) is 10.8. The van der Waals surface area contributed by atoms with E-state index in [1.807, 2.05) is 12.5 Å². The van der Waals surface area contributed by atoms with E-state index in [9.17, 15) is 5.11 Å². The molecule has 0 aromatic heterocycles. The van der Waals surface area contributed by atoms with Gasteiger partial charge in [-0.1, -0.05) is 37.5 Å². The Bertz CT molecular complexity index is 601. The van der Waals surface area contributed by atoms with E-state index in [1.54, 1.807) is 0 Å². The van der Waals surface area contributed by atoms with Crippen LogP contribution in [0, 0.1) is 5.92 Å². The number of benzene rings is 1. The number of quaternary nitrogens is 1. The van der Waals surface area contributed by atoms with Crippen molar-refractivity contribution in [2.75, 3.05) is 6.54 Å². The number of aliphatic imine (C=N–C) groups is 1. The third-order valence-corrected chi connectivity index (χ3v) is 5.46. The van der Waals surface area contributed by atoms with Crippen LogP contribution in [0.5, 0.6) is 0 Å². The average Bonchev–Trinajstić information content (AvgIpc) is 3.04. The van der Waals surface area contributed by atoms with Crippen molar-refractivity contribution in [1.29, 1.82) is 0 Å². The maximum Gasteiger partial charge on any atom is 0.200 e. The molecule has 2 atom stereocenters. The number of allylic oxidation sites excluding steroid dienone is 1. The molecule has 0 amide bonds. The fourth-order valence-electron chi connectivity index (χ4n) is 4.28. The molecule has 1 aromatic rings. The zero-order chi connectivity index (χ0) is 14.3. The molecule has 1 saturated carbocycles. The molecule has 21 heavy (non-hydrogen) atoms. The van der Waals surface area contributed by atoms with Gasteiger partial charge in [0.2, 0.25) is 0 Å². The smallest absolute Gasteiger partial charge is 0.200 e. The van der Waals surface area contributed by atoms with Gasteiger partial charge < -0.3 is 5.11 Å². The molecular weight excluding hydrogens is 260 g/mol. The van der Waals surface area contributed by atoms with Crippen LogP contribution in [0.2, 0.25) is 0 Å². The highest BCUT2D eigenvalue weighted by atomic mass is 16.3. The molecule has 3 nitrogen and oxygen atoms in total. The molecule has 1 fully saturated rings. The summed E-state index contributed by atoms with van der Waals surface area (Å²) in [4.78, 5) is 4.41. The van der Waals surface area contributed by atoms with E-state index in [2.05, 4.69) is 29.3 Å². The van der Waals surface area contributed by atoms with E-state index in [1.165, 1.54) is 49.1 Å². The van der Waals surface area contributed by atoms with Crippen LogP contribution in [0.4, 0.5) is 5.69 Å². The van der Waals surface area contributed by atoms with Gasteiger partial charge in [-0.15, -0.1) is 0 Å². The molecule has 3 aliphatic rings. The summed E-state index contributed by atoms with van der Waals surface area (Å²) in [6, 6.07) is 8.60. The molecule has 110 valence electrons. The Morgan fingerprint density at radius 3 is 2.86 bits per heavy atom. The third-order valence-electron chi connectivity index (χ3n) is 5.46. The zero-order valence-corrected chi connectivity index (χ0v) is 12.4. The van der Waals surface area contributed by atoms with E-state index in [0.29, 0.717) is 10.4 Å². The van der Waals surface area contributed by atoms with Gasteiger partial charge in [-0.3, -0.25) is 0 Å². The molecule has 2 aliphatic heterocycles. The Kier molecular flexibility index (Phi) is 3.20. The normalized spacial score (nSPS) is 29.1. The number of fused-ring (bicyclic) bond motifs is 3. The summed E-state index contributed by atoms with van der Waals surface area (Å²) in [5.74, 6) is 0.467. The van der Waals surface area contributed by atoms with Crippen molar-refractivity contribution in [1.82, 2.24) is 4.48 Å². The SMILES string of the molecule is OC(C[N+]12C=NC=C1Cc1ccccc12)C1CCCCC1. The maximum atomic E-state index is 10.8. The van der Waals surface area contributed by atoms with Crippen LogP contribution in [0.3, 0.4) is 0 Å². The average molecular weight is 283 g/mol. The molecule has 0 saturated heterocycles. The molecule has 0 bridgehead atoms. The fraction of sp³-hybridized carbons (Fsp3) is 0.500. The lowest BCUT2D eigenvalue weighted by atomic mass is 9.85. The first-order chi connectivity index (χ1) is 10.3. The van der Waals surface area contributed by atoms with Gasteiger partial charge in [-0.25, -0.2) is 9.48 Å². The van der Waals surface area contributed by atoms with Crippen molar-refractivity contribution in [3.63, 3.8) is 0 Å². The van der Waals surface area contributed by atoms with Gasteiger partial charge in [0, 0.05) is 11.6 Å². The summed E-state index contributed by atoms with van der Waals surface area (Å²) in [6.07, 6.45) is 11.0. The summed E-state index contributed by atoms with van der Waals surface area (Å²) in [6.45, 7) is 0.747. The lowest BCUT2D eigenvalue weighted by molar-refractivity contribution is 0.0729. The van der Waals surface area contributed by atoms with Gasteiger partial charge in [0.15, 0.2) is 6.34 Å². The Morgan fingerprint density at radius 1 is 1.19 bits per heavy atom. The number of para-hydroxylation sites is 1. The number of nitrogens with zero attached hydrogens (tertiary/aromatic N) is 2. The summed E-state index contributed by atoms with van der Waals surface area (Å²) >= 11 is 0. The monoisotopic (exact) mass is 283 g/mol. The van der Waals surface area contributed by atoms with Crippen molar-refractivity contribution >= 4 is 12.0 Å². The second kappa shape index (κ2) is 5.08.